The molecule has 2 unspecified atom stereocenters. The molecule has 6 nitrogen and oxygen atoms in total. The Labute approximate surface area is 194 Å². The molecule has 1 aromatic carbocycles. The van der Waals surface area contributed by atoms with E-state index in [2.05, 4.69) is 63.1 Å². The van der Waals surface area contributed by atoms with Gasteiger partial charge >= 0.3 is 0 Å². The van der Waals surface area contributed by atoms with E-state index in [4.69, 9.17) is 4.74 Å². The van der Waals surface area contributed by atoms with Crippen LogP contribution in [-0.2, 0) is 4.74 Å². The first-order valence-electron chi connectivity index (χ1n) is 12.8. The fourth-order valence-electron chi connectivity index (χ4n) is 5.70. The number of hydrogen-bond acceptors (Lipinski definition) is 4. The maximum absolute atomic E-state index is 5.54. The molecule has 2 saturated heterocycles. The van der Waals surface area contributed by atoms with Gasteiger partial charge in [0.1, 0.15) is 0 Å². The zero-order chi connectivity index (χ0) is 22.2. The highest BCUT2D eigenvalue weighted by molar-refractivity contribution is 5.80. The fourth-order valence-corrected chi connectivity index (χ4v) is 5.70. The molecule has 6 heteroatoms. The van der Waals surface area contributed by atoms with Crippen LogP contribution in [0.2, 0.25) is 0 Å². The van der Waals surface area contributed by atoms with Crippen molar-refractivity contribution in [2.45, 2.75) is 69.5 Å². The van der Waals surface area contributed by atoms with E-state index >= 15 is 0 Å². The molecule has 2 aliphatic heterocycles. The highest BCUT2D eigenvalue weighted by atomic mass is 16.5. The molecule has 1 aromatic rings. The van der Waals surface area contributed by atoms with Gasteiger partial charge in [0.2, 0.25) is 0 Å². The van der Waals surface area contributed by atoms with Crippen LogP contribution < -0.4 is 16.0 Å². The molecule has 2 atom stereocenters. The zero-order valence-electron chi connectivity index (χ0n) is 20.1. The predicted molar refractivity (Wildman–Crippen MR) is 132 cm³/mol. The summed E-state index contributed by atoms with van der Waals surface area (Å²) in [7, 11) is 1.89. The number of likely N-dealkylation sites (tertiary alicyclic amines) is 1. The summed E-state index contributed by atoms with van der Waals surface area (Å²) in [6.45, 7) is 8.65. The number of rotatable bonds is 8. The third kappa shape index (κ3) is 6.46. The molecule has 1 aliphatic carbocycles. The molecule has 0 spiro atoms. The Bertz CT molecular complexity index is 704. The Morgan fingerprint density at radius 2 is 1.91 bits per heavy atom. The van der Waals surface area contributed by atoms with E-state index in [1.54, 1.807) is 0 Å². The monoisotopic (exact) mass is 441 g/mol. The Morgan fingerprint density at radius 3 is 2.56 bits per heavy atom. The summed E-state index contributed by atoms with van der Waals surface area (Å²) >= 11 is 0. The third-order valence-electron chi connectivity index (χ3n) is 7.67. The molecule has 2 heterocycles. The van der Waals surface area contributed by atoms with Gasteiger partial charge in [-0.25, -0.2) is 0 Å². The lowest BCUT2D eigenvalue weighted by molar-refractivity contribution is 0.150. The van der Waals surface area contributed by atoms with Gasteiger partial charge in [-0.3, -0.25) is 4.99 Å². The van der Waals surface area contributed by atoms with Crippen molar-refractivity contribution < 1.29 is 4.74 Å². The average Bonchev–Trinajstić information content (AvgIpc) is 3.51. The molecule has 3 N–H and O–H groups in total. The Hall–Kier alpha value is -1.63. The fraction of sp³-hybridized carbons (Fsp3) is 0.731. The molecular weight excluding hydrogens is 398 g/mol. The third-order valence-corrected chi connectivity index (χ3v) is 7.67. The number of aliphatic imine (C=N–C) groups is 1. The van der Waals surface area contributed by atoms with Gasteiger partial charge in [0.25, 0.3) is 0 Å². The smallest absolute Gasteiger partial charge is 0.191 e. The first-order valence-corrected chi connectivity index (χ1v) is 12.8. The van der Waals surface area contributed by atoms with Crippen LogP contribution in [0.5, 0.6) is 0 Å². The molecule has 32 heavy (non-hydrogen) atoms. The SMILES string of the molecule is CN=C(NCC1(NC(C)c2ccccc2)CCCC1)NC1CCN(CC2CCOC2)CC1. The standard InChI is InChI=1S/C26H43N5O/c1-21(23-8-4-3-5-9-23)30-26(13-6-7-14-26)20-28-25(27-2)29-24-10-15-31(16-11-24)18-22-12-17-32-19-22/h3-5,8-9,21-22,24,30H,6-7,10-20H2,1-2H3,(H2,27,28,29). The maximum Gasteiger partial charge on any atom is 0.191 e. The molecule has 3 aliphatic rings. The summed E-state index contributed by atoms with van der Waals surface area (Å²) in [5.74, 6) is 1.69. The van der Waals surface area contributed by atoms with Crippen molar-refractivity contribution in [3.05, 3.63) is 35.9 Å². The zero-order valence-corrected chi connectivity index (χ0v) is 20.1. The van der Waals surface area contributed by atoms with Crippen molar-refractivity contribution >= 4 is 5.96 Å². The van der Waals surface area contributed by atoms with E-state index in [-0.39, 0.29) is 5.54 Å². The van der Waals surface area contributed by atoms with Crippen LogP contribution in [-0.4, -0.2) is 68.9 Å². The molecule has 0 amide bonds. The molecule has 0 radical (unpaired) electrons. The highest BCUT2D eigenvalue weighted by Gasteiger charge is 2.35. The van der Waals surface area contributed by atoms with Gasteiger partial charge in [0.05, 0.1) is 6.61 Å². The van der Waals surface area contributed by atoms with E-state index in [0.29, 0.717) is 12.1 Å². The molecule has 0 aromatic heterocycles. The van der Waals surface area contributed by atoms with E-state index in [1.165, 1.54) is 70.1 Å². The van der Waals surface area contributed by atoms with Crippen molar-refractivity contribution in [3.63, 3.8) is 0 Å². The Kier molecular flexibility index (Phi) is 8.44. The highest BCUT2D eigenvalue weighted by Crippen LogP contribution is 2.32. The minimum atomic E-state index is 0.138. The van der Waals surface area contributed by atoms with E-state index in [1.807, 2.05) is 7.05 Å². The second-order valence-electron chi connectivity index (χ2n) is 10.1. The van der Waals surface area contributed by atoms with Crippen LogP contribution in [0.4, 0.5) is 0 Å². The van der Waals surface area contributed by atoms with Crippen molar-refractivity contribution in [2.24, 2.45) is 10.9 Å². The summed E-state index contributed by atoms with van der Waals surface area (Å²) in [6, 6.07) is 11.7. The van der Waals surface area contributed by atoms with Crippen LogP contribution in [0.25, 0.3) is 0 Å². The minimum absolute atomic E-state index is 0.138. The van der Waals surface area contributed by atoms with Crippen LogP contribution in [0.1, 0.15) is 63.5 Å². The number of benzene rings is 1. The van der Waals surface area contributed by atoms with Gasteiger partial charge in [-0.1, -0.05) is 43.2 Å². The van der Waals surface area contributed by atoms with E-state index in [9.17, 15) is 0 Å². The first-order chi connectivity index (χ1) is 15.7. The van der Waals surface area contributed by atoms with Gasteiger partial charge in [0, 0.05) is 57.5 Å². The molecule has 178 valence electrons. The first kappa shape index (κ1) is 23.5. The van der Waals surface area contributed by atoms with Gasteiger partial charge in [0.15, 0.2) is 5.96 Å². The predicted octanol–water partition coefficient (Wildman–Crippen LogP) is 3.32. The normalized spacial score (nSPS) is 25.7. The summed E-state index contributed by atoms with van der Waals surface area (Å²) in [5, 5.41) is 11.3. The molecule has 1 saturated carbocycles. The molecule has 0 bridgehead atoms. The summed E-state index contributed by atoms with van der Waals surface area (Å²) in [6.07, 6.45) is 8.63. The van der Waals surface area contributed by atoms with Gasteiger partial charge in [-0.05, 0) is 50.5 Å². The number of ether oxygens (including phenoxy) is 1. The minimum Gasteiger partial charge on any atom is -0.381 e. The lowest BCUT2D eigenvalue weighted by Gasteiger charge is -2.36. The van der Waals surface area contributed by atoms with E-state index < -0.39 is 0 Å². The number of piperidine rings is 1. The number of nitrogens with zero attached hydrogens (tertiary/aromatic N) is 2. The van der Waals surface area contributed by atoms with Crippen LogP contribution in [0.15, 0.2) is 35.3 Å². The number of hydrogen-bond donors (Lipinski definition) is 3. The summed E-state index contributed by atoms with van der Waals surface area (Å²) in [5.41, 5.74) is 1.50. The molecule has 4 rings (SSSR count). The van der Waals surface area contributed by atoms with Crippen molar-refractivity contribution in [1.82, 2.24) is 20.9 Å². The maximum atomic E-state index is 5.54. The van der Waals surface area contributed by atoms with Crippen LogP contribution >= 0.6 is 0 Å². The van der Waals surface area contributed by atoms with Crippen molar-refractivity contribution in [2.75, 3.05) is 46.4 Å². The average molecular weight is 442 g/mol. The Balaban J connectivity index is 1.24. The van der Waals surface area contributed by atoms with E-state index in [0.717, 1.165) is 31.6 Å². The van der Waals surface area contributed by atoms with Gasteiger partial charge in [-0.2, -0.15) is 0 Å². The topological polar surface area (TPSA) is 60.9 Å². The van der Waals surface area contributed by atoms with Crippen molar-refractivity contribution in [1.29, 1.82) is 0 Å². The lowest BCUT2D eigenvalue weighted by Crippen LogP contribution is -2.56. The second-order valence-corrected chi connectivity index (χ2v) is 10.1. The van der Waals surface area contributed by atoms with Gasteiger partial charge < -0.3 is 25.6 Å². The number of nitrogens with one attached hydrogen (secondary N) is 3. The quantitative estimate of drug-likeness (QED) is 0.427. The van der Waals surface area contributed by atoms with Crippen LogP contribution in [0, 0.1) is 5.92 Å². The molecular formula is C26H43N5O. The number of guanidine groups is 1. The summed E-state index contributed by atoms with van der Waals surface area (Å²) in [4.78, 5) is 7.17. The van der Waals surface area contributed by atoms with Crippen LogP contribution in [0.3, 0.4) is 0 Å². The largest absolute Gasteiger partial charge is 0.381 e. The second kappa shape index (κ2) is 11.5. The molecule has 3 fully saturated rings. The lowest BCUT2D eigenvalue weighted by atomic mass is 9.94. The summed E-state index contributed by atoms with van der Waals surface area (Å²) < 4.78 is 5.54. The van der Waals surface area contributed by atoms with Crippen molar-refractivity contribution in [3.8, 4) is 0 Å². The van der Waals surface area contributed by atoms with Gasteiger partial charge in [-0.15, -0.1) is 0 Å². The Morgan fingerprint density at radius 1 is 1.16 bits per heavy atom.